The summed E-state index contributed by atoms with van der Waals surface area (Å²) < 4.78 is 0. The van der Waals surface area contributed by atoms with Gasteiger partial charge in [0.1, 0.15) is 0 Å². The number of hydrogen-bond donors (Lipinski definition) is 1. The predicted molar refractivity (Wildman–Crippen MR) is 65.2 cm³/mol. The lowest BCUT2D eigenvalue weighted by atomic mass is 10.2. The number of nitrogens with one attached hydrogen (secondary N) is 1. The molecule has 3 heteroatoms. The molecule has 1 heterocycles. The van der Waals surface area contributed by atoms with Gasteiger partial charge in [-0.25, -0.2) is 0 Å². The number of rotatable bonds is 3. The molecule has 0 spiro atoms. The molecule has 0 aliphatic heterocycles. The Morgan fingerprint density at radius 2 is 1.88 bits per heavy atom. The number of benzene rings is 1. The molecule has 1 atom stereocenters. The van der Waals surface area contributed by atoms with E-state index in [0.717, 1.165) is 11.4 Å². The first-order valence-corrected chi connectivity index (χ1v) is 5.35. The fourth-order valence-electron chi connectivity index (χ4n) is 1.51. The number of aromatic nitrogens is 2. The van der Waals surface area contributed by atoms with Crippen LogP contribution in [0, 0.1) is 6.92 Å². The summed E-state index contributed by atoms with van der Waals surface area (Å²) in [5.41, 5.74) is 3.31. The van der Waals surface area contributed by atoms with E-state index in [2.05, 4.69) is 53.4 Å². The van der Waals surface area contributed by atoms with Crippen LogP contribution in [0.1, 0.15) is 24.2 Å². The van der Waals surface area contributed by atoms with Crippen molar-refractivity contribution >= 4 is 5.69 Å². The third-order valence-corrected chi connectivity index (χ3v) is 2.46. The molecule has 0 radical (unpaired) electrons. The van der Waals surface area contributed by atoms with Gasteiger partial charge in [-0.15, -0.1) is 0 Å². The highest BCUT2D eigenvalue weighted by atomic mass is 14.9. The Morgan fingerprint density at radius 3 is 2.50 bits per heavy atom. The predicted octanol–water partition coefficient (Wildman–Crippen LogP) is 2.96. The summed E-state index contributed by atoms with van der Waals surface area (Å²) in [6, 6.07) is 8.48. The Bertz CT molecular complexity index is 436. The van der Waals surface area contributed by atoms with Crippen LogP contribution in [0.5, 0.6) is 0 Å². The maximum atomic E-state index is 4.27. The molecule has 82 valence electrons. The van der Waals surface area contributed by atoms with Crippen LogP contribution in [0.4, 0.5) is 5.69 Å². The van der Waals surface area contributed by atoms with Crippen LogP contribution >= 0.6 is 0 Å². The van der Waals surface area contributed by atoms with E-state index in [1.807, 2.05) is 0 Å². The summed E-state index contributed by atoms with van der Waals surface area (Å²) in [4.78, 5) is 8.33. The Labute approximate surface area is 95.6 Å². The van der Waals surface area contributed by atoms with Crippen LogP contribution in [0.3, 0.4) is 0 Å². The topological polar surface area (TPSA) is 37.8 Å². The first-order valence-electron chi connectivity index (χ1n) is 5.35. The Morgan fingerprint density at radius 1 is 1.12 bits per heavy atom. The third-order valence-electron chi connectivity index (χ3n) is 2.46. The van der Waals surface area contributed by atoms with E-state index >= 15 is 0 Å². The van der Waals surface area contributed by atoms with E-state index < -0.39 is 0 Å². The molecule has 0 aliphatic rings. The molecule has 0 saturated carbocycles. The summed E-state index contributed by atoms with van der Waals surface area (Å²) >= 11 is 0. The minimum absolute atomic E-state index is 0.163. The molecule has 16 heavy (non-hydrogen) atoms. The minimum Gasteiger partial charge on any atom is -0.377 e. The van der Waals surface area contributed by atoms with Gasteiger partial charge in [-0.3, -0.25) is 9.97 Å². The minimum atomic E-state index is 0.163. The molecule has 2 rings (SSSR count). The Balaban J connectivity index is 2.08. The van der Waals surface area contributed by atoms with Gasteiger partial charge in [-0.1, -0.05) is 17.7 Å². The highest BCUT2D eigenvalue weighted by Gasteiger charge is 2.05. The quantitative estimate of drug-likeness (QED) is 0.851. The van der Waals surface area contributed by atoms with Gasteiger partial charge in [0.25, 0.3) is 0 Å². The molecule has 2 aromatic rings. The molecule has 3 nitrogen and oxygen atoms in total. The molecule has 0 bridgehead atoms. The Kier molecular flexibility index (Phi) is 3.15. The molecule has 0 amide bonds. The van der Waals surface area contributed by atoms with Gasteiger partial charge in [0.05, 0.1) is 17.9 Å². The average molecular weight is 213 g/mol. The number of anilines is 1. The normalized spacial score (nSPS) is 12.1. The van der Waals surface area contributed by atoms with E-state index in [1.54, 1.807) is 18.6 Å². The monoisotopic (exact) mass is 213 g/mol. The fraction of sp³-hybridized carbons (Fsp3) is 0.231. The lowest BCUT2D eigenvalue weighted by Crippen LogP contribution is -2.08. The first-order chi connectivity index (χ1) is 7.75. The summed E-state index contributed by atoms with van der Waals surface area (Å²) in [6.07, 6.45) is 5.18. The zero-order valence-corrected chi connectivity index (χ0v) is 9.51. The van der Waals surface area contributed by atoms with E-state index in [9.17, 15) is 0 Å². The standard InChI is InChI=1S/C13H15N3/c1-10-3-5-12(6-4-10)16-11(2)13-9-14-7-8-15-13/h3-9,11,16H,1-2H3. The van der Waals surface area contributed by atoms with Crippen molar-refractivity contribution in [1.29, 1.82) is 0 Å². The van der Waals surface area contributed by atoms with Gasteiger partial charge in [0.15, 0.2) is 0 Å². The molecule has 0 aliphatic carbocycles. The fourth-order valence-corrected chi connectivity index (χ4v) is 1.51. The van der Waals surface area contributed by atoms with Gasteiger partial charge in [0.2, 0.25) is 0 Å². The second-order valence-electron chi connectivity index (χ2n) is 3.86. The van der Waals surface area contributed by atoms with Gasteiger partial charge >= 0.3 is 0 Å². The van der Waals surface area contributed by atoms with Crippen molar-refractivity contribution < 1.29 is 0 Å². The summed E-state index contributed by atoms with van der Waals surface area (Å²) in [6.45, 7) is 4.15. The Hall–Kier alpha value is -1.90. The molecule has 0 saturated heterocycles. The average Bonchev–Trinajstić information content (AvgIpc) is 2.33. The van der Waals surface area contributed by atoms with Crippen LogP contribution in [-0.2, 0) is 0 Å². The molecule has 1 aromatic heterocycles. The second-order valence-corrected chi connectivity index (χ2v) is 3.86. The number of aryl methyl sites for hydroxylation is 1. The molecular formula is C13H15N3. The molecule has 0 fully saturated rings. The zero-order chi connectivity index (χ0) is 11.4. The lowest BCUT2D eigenvalue weighted by Gasteiger charge is -2.14. The third kappa shape index (κ3) is 2.57. The van der Waals surface area contributed by atoms with Crippen molar-refractivity contribution in [3.8, 4) is 0 Å². The van der Waals surface area contributed by atoms with Crippen molar-refractivity contribution in [3.05, 3.63) is 54.1 Å². The highest BCUT2D eigenvalue weighted by Crippen LogP contribution is 2.16. The van der Waals surface area contributed by atoms with Gasteiger partial charge in [0, 0.05) is 18.1 Å². The van der Waals surface area contributed by atoms with Crippen LogP contribution in [0.2, 0.25) is 0 Å². The summed E-state index contributed by atoms with van der Waals surface area (Å²) in [7, 11) is 0. The first kappa shape index (κ1) is 10.6. The van der Waals surface area contributed by atoms with Crippen molar-refractivity contribution in [2.75, 3.05) is 5.32 Å². The summed E-state index contributed by atoms with van der Waals surface area (Å²) in [5.74, 6) is 0. The van der Waals surface area contributed by atoms with Crippen molar-refractivity contribution in [2.45, 2.75) is 19.9 Å². The lowest BCUT2D eigenvalue weighted by molar-refractivity contribution is 0.827. The van der Waals surface area contributed by atoms with Crippen molar-refractivity contribution in [2.24, 2.45) is 0 Å². The second kappa shape index (κ2) is 4.75. The molecular weight excluding hydrogens is 198 g/mol. The maximum absolute atomic E-state index is 4.27. The number of nitrogens with zero attached hydrogens (tertiary/aromatic N) is 2. The maximum Gasteiger partial charge on any atom is 0.0806 e. The number of hydrogen-bond acceptors (Lipinski definition) is 3. The zero-order valence-electron chi connectivity index (χ0n) is 9.51. The molecule has 1 unspecified atom stereocenters. The van der Waals surface area contributed by atoms with Gasteiger partial charge in [-0.05, 0) is 26.0 Å². The van der Waals surface area contributed by atoms with Crippen molar-refractivity contribution in [3.63, 3.8) is 0 Å². The van der Waals surface area contributed by atoms with Crippen molar-refractivity contribution in [1.82, 2.24) is 9.97 Å². The van der Waals surface area contributed by atoms with Crippen LogP contribution in [-0.4, -0.2) is 9.97 Å². The van der Waals surface area contributed by atoms with E-state index in [1.165, 1.54) is 5.56 Å². The smallest absolute Gasteiger partial charge is 0.0806 e. The van der Waals surface area contributed by atoms with E-state index in [0.29, 0.717) is 0 Å². The van der Waals surface area contributed by atoms with Gasteiger partial charge < -0.3 is 5.32 Å². The largest absolute Gasteiger partial charge is 0.377 e. The molecule has 1 N–H and O–H groups in total. The SMILES string of the molecule is Cc1ccc(NC(C)c2cnccn2)cc1. The van der Waals surface area contributed by atoms with Crippen LogP contribution in [0.25, 0.3) is 0 Å². The van der Waals surface area contributed by atoms with Gasteiger partial charge in [-0.2, -0.15) is 0 Å². The summed E-state index contributed by atoms with van der Waals surface area (Å²) in [5, 5.41) is 3.38. The highest BCUT2D eigenvalue weighted by molar-refractivity contribution is 5.45. The van der Waals surface area contributed by atoms with E-state index in [4.69, 9.17) is 0 Å². The van der Waals surface area contributed by atoms with Crippen LogP contribution < -0.4 is 5.32 Å². The molecule has 1 aromatic carbocycles. The van der Waals surface area contributed by atoms with Crippen LogP contribution in [0.15, 0.2) is 42.9 Å². The van der Waals surface area contributed by atoms with E-state index in [-0.39, 0.29) is 6.04 Å².